The number of aryl methyl sites for hydroxylation is 1. The zero-order valence-corrected chi connectivity index (χ0v) is 12.8. The molecular weight excluding hydrogens is 286 g/mol. The van der Waals surface area contributed by atoms with E-state index in [2.05, 4.69) is 5.32 Å². The number of rotatable bonds is 5. The first-order valence-corrected chi connectivity index (χ1v) is 8.39. The van der Waals surface area contributed by atoms with E-state index in [1.54, 1.807) is 0 Å². The third kappa shape index (κ3) is 4.16. The van der Waals surface area contributed by atoms with Gasteiger partial charge in [0.15, 0.2) is 15.6 Å². The van der Waals surface area contributed by atoms with Crippen molar-refractivity contribution in [2.75, 3.05) is 18.1 Å². The predicted molar refractivity (Wildman–Crippen MR) is 83.6 cm³/mol. The second-order valence-electron chi connectivity index (χ2n) is 4.94. The average Bonchev–Trinajstić information content (AvgIpc) is 2.45. The van der Waals surface area contributed by atoms with Crippen molar-refractivity contribution >= 4 is 21.3 Å². The topological polar surface area (TPSA) is 63.2 Å². The van der Waals surface area contributed by atoms with Gasteiger partial charge in [0.2, 0.25) is 0 Å². The molecule has 0 aliphatic carbocycles. The van der Waals surface area contributed by atoms with Crippen molar-refractivity contribution in [3.63, 3.8) is 0 Å². The predicted octanol–water partition coefficient (Wildman–Crippen LogP) is 2.69. The largest absolute Gasteiger partial charge is 0.378 e. The van der Waals surface area contributed by atoms with E-state index in [-0.39, 0.29) is 17.2 Å². The van der Waals surface area contributed by atoms with E-state index in [0.717, 1.165) is 17.5 Å². The summed E-state index contributed by atoms with van der Waals surface area (Å²) in [5.41, 5.74) is 2.52. The number of Topliss-reactive ketones (excluding diaryl/α,β-unsaturated/α-hetero) is 1. The number of hydrogen-bond donors (Lipinski definition) is 1. The molecule has 2 aromatic carbocycles. The van der Waals surface area contributed by atoms with E-state index in [1.165, 1.54) is 24.3 Å². The minimum absolute atomic E-state index is 0.0874. The highest BCUT2D eigenvalue weighted by atomic mass is 32.2. The Bertz CT molecular complexity index is 732. The van der Waals surface area contributed by atoms with Gasteiger partial charge in [-0.15, -0.1) is 0 Å². The van der Waals surface area contributed by atoms with E-state index in [0.29, 0.717) is 5.56 Å². The highest BCUT2D eigenvalue weighted by Crippen LogP contribution is 2.12. The Balaban J connectivity index is 2.02. The first-order valence-electron chi connectivity index (χ1n) is 6.50. The highest BCUT2D eigenvalue weighted by molar-refractivity contribution is 7.90. The van der Waals surface area contributed by atoms with Gasteiger partial charge in [0.25, 0.3) is 0 Å². The third-order valence-electron chi connectivity index (χ3n) is 3.11. The molecule has 0 aromatic heterocycles. The van der Waals surface area contributed by atoms with Crippen molar-refractivity contribution in [1.29, 1.82) is 0 Å². The Morgan fingerprint density at radius 3 is 2.10 bits per heavy atom. The van der Waals surface area contributed by atoms with E-state index < -0.39 is 9.84 Å². The minimum Gasteiger partial charge on any atom is -0.378 e. The van der Waals surface area contributed by atoms with Crippen molar-refractivity contribution in [3.8, 4) is 0 Å². The Hall–Kier alpha value is -2.14. The first kappa shape index (κ1) is 15.3. The lowest BCUT2D eigenvalue weighted by Gasteiger charge is -2.06. The van der Waals surface area contributed by atoms with Crippen LogP contribution in [0.1, 0.15) is 15.9 Å². The molecular formula is C16H17NO3S. The van der Waals surface area contributed by atoms with Crippen LogP contribution < -0.4 is 5.32 Å². The Kier molecular flexibility index (Phi) is 4.43. The number of hydrogen-bond acceptors (Lipinski definition) is 4. The second-order valence-corrected chi connectivity index (χ2v) is 6.96. The number of anilines is 1. The van der Waals surface area contributed by atoms with Crippen molar-refractivity contribution in [1.82, 2.24) is 0 Å². The summed E-state index contributed by atoms with van der Waals surface area (Å²) in [5, 5.41) is 3.05. The third-order valence-corrected chi connectivity index (χ3v) is 4.24. The highest BCUT2D eigenvalue weighted by Gasteiger charge is 2.09. The van der Waals surface area contributed by atoms with Crippen LogP contribution in [0, 0.1) is 6.92 Å². The zero-order chi connectivity index (χ0) is 15.5. The molecule has 4 nitrogen and oxygen atoms in total. The summed E-state index contributed by atoms with van der Waals surface area (Å²) in [4.78, 5) is 12.2. The van der Waals surface area contributed by atoms with Gasteiger partial charge in [0.1, 0.15) is 0 Å². The number of benzene rings is 2. The molecule has 0 spiro atoms. The Morgan fingerprint density at radius 2 is 1.57 bits per heavy atom. The molecule has 0 heterocycles. The standard InChI is InChI=1S/C16H17NO3S/c1-12-3-7-14(8-4-12)17-11-16(18)13-5-9-15(10-6-13)21(2,19)20/h3-10,17H,11H2,1-2H3. The quantitative estimate of drug-likeness (QED) is 0.863. The van der Waals surface area contributed by atoms with Crippen molar-refractivity contribution in [3.05, 3.63) is 59.7 Å². The molecule has 2 aromatic rings. The fraction of sp³-hybridized carbons (Fsp3) is 0.188. The Labute approximate surface area is 124 Å². The van der Waals surface area contributed by atoms with Crippen LogP contribution in [0.2, 0.25) is 0 Å². The van der Waals surface area contributed by atoms with Gasteiger partial charge in [-0.1, -0.05) is 29.8 Å². The molecule has 0 aliphatic heterocycles. The molecule has 0 amide bonds. The average molecular weight is 303 g/mol. The van der Waals surface area contributed by atoms with E-state index in [9.17, 15) is 13.2 Å². The number of ketones is 1. The van der Waals surface area contributed by atoms with E-state index in [1.807, 2.05) is 31.2 Å². The molecule has 1 N–H and O–H groups in total. The van der Waals surface area contributed by atoms with Crippen LogP contribution in [-0.4, -0.2) is 27.0 Å². The SMILES string of the molecule is Cc1ccc(NCC(=O)c2ccc(S(C)(=O)=O)cc2)cc1. The summed E-state index contributed by atoms with van der Waals surface area (Å²) in [6.07, 6.45) is 1.14. The lowest BCUT2D eigenvalue weighted by Crippen LogP contribution is -2.14. The summed E-state index contributed by atoms with van der Waals surface area (Å²) in [7, 11) is -3.23. The van der Waals surface area contributed by atoms with Gasteiger partial charge in [0, 0.05) is 17.5 Å². The van der Waals surface area contributed by atoms with Crippen molar-refractivity contribution < 1.29 is 13.2 Å². The van der Waals surface area contributed by atoms with Crippen LogP contribution in [0.3, 0.4) is 0 Å². The van der Waals surface area contributed by atoms with Gasteiger partial charge < -0.3 is 5.32 Å². The van der Waals surface area contributed by atoms with Crippen LogP contribution in [0.4, 0.5) is 5.69 Å². The monoisotopic (exact) mass is 303 g/mol. The lowest BCUT2D eigenvalue weighted by molar-refractivity contribution is 0.101. The fourth-order valence-corrected chi connectivity index (χ4v) is 2.47. The molecule has 21 heavy (non-hydrogen) atoms. The summed E-state index contributed by atoms with van der Waals surface area (Å²) in [6, 6.07) is 13.7. The number of carbonyl (C=O) groups excluding carboxylic acids is 1. The molecule has 0 atom stereocenters. The van der Waals surface area contributed by atoms with Crippen LogP contribution in [-0.2, 0) is 9.84 Å². The molecule has 2 rings (SSSR count). The molecule has 110 valence electrons. The molecule has 0 bridgehead atoms. The maximum atomic E-state index is 12.0. The first-order chi connectivity index (χ1) is 9.86. The van der Waals surface area contributed by atoms with Crippen LogP contribution in [0.15, 0.2) is 53.4 Å². The number of nitrogens with one attached hydrogen (secondary N) is 1. The number of carbonyl (C=O) groups is 1. The van der Waals surface area contributed by atoms with Crippen molar-refractivity contribution in [2.24, 2.45) is 0 Å². The summed E-state index contributed by atoms with van der Waals surface area (Å²) >= 11 is 0. The van der Waals surface area contributed by atoms with Gasteiger partial charge in [-0.05, 0) is 31.2 Å². The number of sulfone groups is 1. The molecule has 0 radical (unpaired) electrons. The van der Waals surface area contributed by atoms with Gasteiger partial charge in [-0.2, -0.15) is 0 Å². The van der Waals surface area contributed by atoms with Crippen molar-refractivity contribution in [2.45, 2.75) is 11.8 Å². The smallest absolute Gasteiger partial charge is 0.181 e. The molecule has 0 aliphatic rings. The molecule has 0 unspecified atom stereocenters. The second kappa shape index (κ2) is 6.10. The maximum Gasteiger partial charge on any atom is 0.181 e. The summed E-state index contributed by atoms with van der Waals surface area (Å²) in [6.45, 7) is 2.17. The summed E-state index contributed by atoms with van der Waals surface area (Å²) in [5.74, 6) is -0.0874. The van der Waals surface area contributed by atoms with Gasteiger partial charge in [-0.25, -0.2) is 8.42 Å². The maximum absolute atomic E-state index is 12.0. The minimum atomic E-state index is -3.23. The lowest BCUT2D eigenvalue weighted by atomic mass is 10.1. The molecule has 0 fully saturated rings. The van der Waals surface area contributed by atoms with E-state index in [4.69, 9.17) is 0 Å². The molecule has 0 saturated carbocycles. The van der Waals surface area contributed by atoms with Crippen LogP contribution >= 0.6 is 0 Å². The summed E-state index contributed by atoms with van der Waals surface area (Å²) < 4.78 is 22.7. The molecule has 0 saturated heterocycles. The van der Waals surface area contributed by atoms with Gasteiger partial charge >= 0.3 is 0 Å². The van der Waals surface area contributed by atoms with Crippen LogP contribution in [0.25, 0.3) is 0 Å². The normalized spacial score (nSPS) is 11.1. The van der Waals surface area contributed by atoms with Gasteiger partial charge in [-0.3, -0.25) is 4.79 Å². The van der Waals surface area contributed by atoms with Gasteiger partial charge in [0.05, 0.1) is 11.4 Å². The van der Waals surface area contributed by atoms with Crippen LogP contribution in [0.5, 0.6) is 0 Å². The Morgan fingerprint density at radius 1 is 1.00 bits per heavy atom. The zero-order valence-electron chi connectivity index (χ0n) is 12.0. The fourth-order valence-electron chi connectivity index (χ4n) is 1.84. The molecule has 5 heteroatoms. The van der Waals surface area contributed by atoms with E-state index >= 15 is 0 Å².